The number of hydrogen-bond acceptors (Lipinski definition) is 2. The van der Waals surface area contributed by atoms with Crippen molar-refractivity contribution in [3.05, 3.63) is 35.4 Å². The molecular formula is C19H30N2O. The van der Waals surface area contributed by atoms with E-state index in [1.54, 1.807) is 0 Å². The van der Waals surface area contributed by atoms with Crippen molar-refractivity contribution < 1.29 is 4.79 Å². The van der Waals surface area contributed by atoms with E-state index in [1.807, 2.05) is 30.9 Å². The standard InChI is InChI=1S/C17H24N2O.C2H6/c1-2-14-11-18(12-14)13-15-6-5-7-16(10-15)17(20)19-8-3-4-9-19;1-2/h5-7,10,14H,2-4,8-9,11-13H2,1H3;1-2H3. The topological polar surface area (TPSA) is 23.6 Å². The van der Waals surface area contributed by atoms with E-state index < -0.39 is 0 Å². The third-order valence-corrected chi connectivity index (χ3v) is 4.58. The van der Waals surface area contributed by atoms with E-state index in [1.165, 1.54) is 25.1 Å². The zero-order valence-electron chi connectivity index (χ0n) is 14.3. The fraction of sp³-hybridized carbons (Fsp3) is 0.632. The molecule has 0 bridgehead atoms. The van der Waals surface area contributed by atoms with Gasteiger partial charge in [-0.1, -0.05) is 39.3 Å². The van der Waals surface area contributed by atoms with Gasteiger partial charge in [0.1, 0.15) is 0 Å². The van der Waals surface area contributed by atoms with Crippen LogP contribution in [-0.4, -0.2) is 41.9 Å². The van der Waals surface area contributed by atoms with Crippen LogP contribution in [0.5, 0.6) is 0 Å². The molecule has 2 aliphatic rings. The Hall–Kier alpha value is -1.35. The lowest BCUT2D eigenvalue weighted by atomic mass is 9.96. The smallest absolute Gasteiger partial charge is 0.253 e. The quantitative estimate of drug-likeness (QED) is 0.845. The summed E-state index contributed by atoms with van der Waals surface area (Å²) in [5.74, 6) is 1.09. The summed E-state index contributed by atoms with van der Waals surface area (Å²) in [5.41, 5.74) is 2.13. The summed E-state index contributed by atoms with van der Waals surface area (Å²) in [4.78, 5) is 16.8. The lowest BCUT2D eigenvalue weighted by Crippen LogP contribution is -2.45. The van der Waals surface area contributed by atoms with E-state index in [0.29, 0.717) is 0 Å². The number of rotatable bonds is 4. The second-order valence-electron chi connectivity index (χ2n) is 6.17. The number of carbonyl (C=O) groups excluding carboxylic acids is 1. The third-order valence-electron chi connectivity index (χ3n) is 4.58. The number of hydrogen-bond donors (Lipinski definition) is 0. The van der Waals surface area contributed by atoms with E-state index >= 15 is 0 Å². The second kappa shape index (κ2) is 8.33. The van der Waals surface area contributed by atoms with Crippen LogP contribution in [0.2, 0.25) is 0 Å². The molecule has 3 rings (SSSR count). The highest BCUT2D eigenvalue weighted by molar-refractivity contribution is 5.94. The third kappa shape index (κ3) is 4.10. The molecule has 0 radical (unpaired) electrons. The van der Waals surface area contributed by atoms with Crippen molar-refractivity contribution >= 4 is 5.91 Å². The largest absolute Gasteiger partial charge is 0.339 e. The summed E-state index contributed by atoms with van der Waals surface area (Å²) in [5, 5.41) is 0. The highest BCUT2D eigenvalue weighted by Gasteiger charge is 2.25. The Morgan fingerprint density at radius 3 is 2.50 bits per heavy atom. The maximum atomic E-state index is 12.4. The number of benzene rings is 1. The Labute approximate surface area is 135 Å². The van der Waals surface area contributed by atoms with Crippen LogP contribution < -0.4 is 0 Å². The molecule has 2 heterocycles. The molecule has 2 aliphatic heterocycles. The average Bonchev–Trinajstić information content (AvgIpc) is 3.06. The molecule has 0 spiro atoms. The van der Waals surface area contributed by atoms with E-state index in [0.717, 1.165) is 44.0 Å². The maximum Gasteiger partial charge on any atom is 0.253 e. The van der Waals surface area contributed by atoms with Crippen LogP contribution in [0.3, 0.4) is 0 Å². The highest BCUT2D eigenvalue weighted by Crippen LogP contribution is 2.22. The predicted molar refractivity (Wildman–Crippen MR) is 92.0 cm³/mol. The Bertz CT molecular complexity index is 474. The van der Waals surface area contributed by atoms with Crippen LogP contribution in [0.15, 0.2) is 24.3 Å². The fourth-order valence-corrected chi connectivity index (χ4v) is 3.23. The maximum absolute atomic E-state index is 12.4. The minimum atomic E-state index is 0.208. The summed E-state index contributed by atoms with van der Waals surface area (Å²) in [6, 6.07) is 8.20. The van der Waals surface area contributed by atoms with Crippen molar-refractivity contribution in [3.63, 3.8) is 0 Å². The Balaban J connectivity index is 0.000000847. The van der Waals surface area contributed by atoms with E-state index in [-0.39, 0.29) is 5.91 Å². The van der Waals surface area contributed by atoms with Crippen LogP contribution in [0.4, 0.5) is 0 Å². The van der Waals surface area contributed by atoms with Gasteiger partial charge in [-0.05, 0) is 36.5 Å². The van der Waals surface area contributed by atoms with E-state index in [2.05, 4.69) is 24.0 Å². The summed E-state index contributed by atoms with van der Waals surface area (Å²) >= 11 is 0. The van der Waals surface area contributed by atoms with Gasteiger partial charge in [0.05, 0.1) is 0 Å². The van der Waals surface area contributed by atoms with Gasteiger partial charge in [0.2, 0.25) is 0 Å². The van der Waals surface area contributed by atoms with E-state index in [9.17, 15) is 4.79 Å². The molecular weight excluding hydrogens is 272 g/mol. The normalized spacial score (nSPS) is 18.6. The molecule has 2 fully saturated rings. The molecule has 0 atom stereocenters. The molecule has 3 nitrogen and oxygen atoms in total. The zero-order chi connectivity index (χ0) is 15.9. The van der Waals surface area contributed by atoms with Crippen molar-refractivity contribution in [2.45, 2.75) is 46.6 Å². The first-order chi connectivity index (χ1) is 10.8. The lowest BCUT2D eigenvalue weighted by molar-refractivity contribution is 0.0791. The summed E-state index contributed by atoms with van der Waals surface area (Å²) < 4.78 is 0. The number of nitrogens with zero attached hydrogens (tertiary/aromatic N) is 2. The molecule has 0 unspecified atom stereocenters. The first-order valence-electron chi connectivity index (χ1n) is 8.87. The number of amides is 1. The minimum absolute atomic E-state index is 0.208. The first-order valence-corrected chi connectivity index (χ1v) is 8.87. The van der Waals surface area contributed by atoms with Gasteiger partial charge in [-0.25, -0.2) is 0 Å². The van der Waals surface area contributed by atoms with Crippen molar-refractivity contribution in [1.29, 1.82) is 0 Å². The molecule has 1 aromatic carbocycles. The lowest BCUT2D eigenvalue weighted by Gasteiger charge is -2.39. The molecule has 22 heavy (non-hydrogen) atoms. The van der Waals surface area contributed by atoms with Gasteiger partial charge >= 0.3 is 0 Å². The molecule has 0 aliphatic carbocycles. The van der Waals surface area contributed by atoms with Crippen molar-refractivity contribution in [2.24, 2.45) is 5.92 Å². The Morgan fingerprint density at radius 2 is 1.86 bits per heavy atom. The van der Waals surface area contributed by atoms with Gasteiger partial charge in [0.25, 0.3) is 5.91 Å². The van der Waals surface area contributed by atoms with Crippen molar-refractivity contribution in [1.82, 2.24) is 9.80 Å². The van der Waals surface area contributed by atoms with Crippen LogP contribution in [0, 0.1) is 5.92 Å². The molecule has 1 amide bonds. The van der Waals surface area contributed by atoms with E-state index in [4.69, 9.17) is 0 Å². The van der Waals surface area contributed by atoms with Gasteiger partial charge < -0.3 is 4.90 Å². The van der Waals surface area contributed by atoms with Crippen LogP contribution >= 0.6 is 0 Å². The zero-order valence-corrected chi connectivity index (χ0v) is 14.3. The molecule has 0 aromatic heterocycles. The summed E-state index contributed by atoms with van der Waals surface area (Å²) in [6.45, 7) is 11.5. The predicted octanol–water partition coefficient (Wildman–Crippen LogP) is 3.79. The van der Waals surface area contributed by atoms with Gasteiger partial charge in [-0.2, -0.15) is 0 Å². The van der Waals surface area contributed by atoms with Crippen molar-refractivity contribution in [2.75, 3.05) is 26.2 Å². The van der Waals surface area contributed by atoms with Gasteiger partial charge in [-0.15, -0.1) is 0 Å². The fourth-order valence-electron chi connectivity index (χ4n) is 3.23. The average molecular weight is 302 g/mol. The first kappa shape index (κ1) is 17.0. The number of carbonyl (C=O) groups is 1. The van der Waals surface area contributed by atoms with Crippen LogP contribution in [0.25, 0.3) is 0 Å². The monoisotopic (exact) mass is 302 g/mol. The molecule has 0 N–H and O–H groups in total. The minimum Gasteiger partial charge on any atom is -0.339 e. The SMILES string of the molecule is CC.CCC1CN(Cc2cccc(C(=O)N3CCCC3)c2)C1. The summed E-state index contributed by atoms with van der Waals surface area (Å²) in [7, 11) is 0. The van der Waals surface area contributed by atoms with Crippen LogP contribution in [0.1, 0.15) is 56.0 Å². The highest BCUT2D eigenvalue weighted by atomic mass is 16.2. The molecule has 1 aromatic rings. The molecule has 122 valence electrons. The Kier molecular flexibility index (Phi) is 6.44. The molecule has 3 heteroatoms. The Morgan fingerprint density at radius 1 is 1.18 bits per heavy atom. The van der Waals surface area contributed by atoms with Gasteiger partial charge in [0.15, 0.2) is 0 Å². The van der Waals surface area contributed by atoms with Gasteiger partial charge in [-0.3, -0.25) is 9.69 Å². The second-order valence-corrected chi connectivity index (χ2v) is 6.17. The van der Waals surface area contributed by atoms with Gasteiger partial charge in [0, 0.05) is 38.3 Å². The van der Waals surface area contributed by atoms with Crippen molar-refractivity contribution in [3.8, 4) is 0 Å². The van der Waals surface area contributed by atoms with Crippen LogP contribution in [-0.2, 0) is 6.54 Å². The number of likely N-dealkylation sites (tertiary alicyclic amines) is 2. The summed E-state index contributed by atoms with van der Waals surface area (Å²) in [6.07, 6.45) is 3.58. The molecule has 0 saturated carbocycles. The molecule has 2 saturated heterocycles.